The van der Waals surface area contributed by atoms with Gasteiger partial charge in [0.2, 0.25) is 0 Å². The highest BCUT2D eigenvalue weighted by Gasteiger charge is 2.30. The summed E-state index contributed by atoms with van der Waals surface area (Å²) in [7, 11) is 0. The van der Waals surface area contributed by atoms with Crippen LogP contribution in [0.25, 0.3) is 0 Å². The van der Waals surface area contributed by atoms with Gasteiger partial charge in [-0.2, -0.15) is 13.2 Å². The third-order valence-electron chi connectivity index (χ3n) is 2.33. The van der Waals surface area contributed by atoms with Crippen LogP contribution in [0.4, 0.5) is 18.9 Å². The Hall–Kier alpha value is -1.27. The van der Waals surface area contributed by atoms with Crippen LogP contribution in [-0.2, 0) is 12.7 Å². The first kappa shape index (κ1) is 13.8. The summed E-state index contributed by atoms with van der Waals surface area (Å²) in [5.41, 5.74) is 5.58. The number of anilines is 1. The normalized spacial score (nSPS) is 13.5. The molecule has 0 aliphatic carbocycles. The largest absolute Gasteiger partial charge is 0.416 e. The summed E-state index contributed by atoms with van der Waals surface area (Å²) in [5, 5.41) is 11.8. The lowest BCUT2D eigenvalue weighted by Gasteiger charge is -2.17. The zero-order valence-electron chi connectivity index (χ0n) is 9.38. The minimum atomic E-state index is -4.37. The van der Waals surface area contributed by atoms with E-state index in [-0.39, 0.29) is 19.2 Å². The SMILES string of the molecule is CC(CO)Nc1ccc(C(F)(F)F)cc1CN. The quantitative estimate of drug-likeness (QED) is 0.763. The van der Waals surface area contributed by atoms with Gasteiger partial charge in [0.05, 0.1) is 12.2 Å². The van der Waals surface area contributed by atoms with Crippen LogP contribution in [0.2, 0.25) is 0 Å². The molecule has 6 heteroatoms. The van der Waals surface area contributed by atoms with Crippen molar-refractivity contribution in [2.24, 2.45) is 5.73 Å². The molecule has 17 heavy (non-hydrogen) atoms. The van der Waals surface area contributed by atoms with Crippen molar-refractivity contribution in [2.75, 3.05) is 11.9 Å². The van der Waals surface area contributed by atoms with E-state index in [1.165, 1.54) is 6.07 Å². The van der Waals surface area contributed by atoms with E-state index in [4.69, 9.17) is 10.8 Å². The predicted octanol–water partition coefficient (Wildman–Crippen LogP) is 1.96. The highest BCUT2D eigenvalue weighted by Crippen LogP contribution is 2.31. The van der Waals surface area contributed by atoms with Gasteiger partial charge in [-0.05, 0) is 30.7 Å². The lowest BCUT2D eigenvalue weighted by molar-refractivity contribution is -0.137. The fourth-order valence-corrected chi connectivity index (χ4v) is 1.39. The molecular weight excluding hydrogens is 233 g/mol. The molecule has 0 saturated heterocycles. The number of benzene rings is 1. The van der Waals surface area contributed by atoms with Gasteiger partial charge in [0.25, 0.3) is 0 Å². The fourth-order valence-electron chi connectivity index (χ4n) is 1.39. The van der Waals surface area contributed by atoms with Gasteiger partial charge < -0.3 is 16.2 Å². The van der Waals surface area contributed by atoms with E-state index in [1.807, 2.05) is 0 Å². The van der Waals surface area contributed by atoms with Crippen LogP contribution in [-0.4, -0.2) is 17.8 Å². The molecule has 0 saturated carbocycles. The van der Waals surface area contributed by atoms with Crippen LogP contribution in [0.1, 0.15) is 18.1 Å². The average molecular weight is 248 g/mol. The van der Waals surface area contributed by atoms with Crippen LogP contribution in [0.3, 0.4) is 0 Å². The molecule has 0 aromatic heterocycles. The molecule has 1 aromatic rings. The van der Waals surface area contributed by atoms with Crippen molar-refractivity contribution in [3.63, 3.8) is 0 Å². The molecule has 0 aliphatic heterocycles. The molecule has 0 radical (unpaired) electrons. The molecule has 1 rings (SSSR count). The van der Waals surface area contributed by atoms with Crippen LogP contribution in [0.15, 0.2) is 18.2 Å². The third-order valence-corrected chi connectivity index (χ3v) is 2.33. The summed E-state index contributed by atoms with van der Waals surface area (Å²) >= 11 is 0. The van der Waals surface area contributed by atoms with Crippen molar-refractivity contribution in [3.05, 3.63) is 29.3 Å². The Labute approximate surface area is 97.4 Å². The lowest BCUT2D eigenvalue weighted by Crippen LogP contribution is -2.21. The lowest BCUT2D eigenvalue weighted by atomic mass is 10.1. The van der Waals surface area contributed by atoms with Crippen molar-refractivity contribution < 1.29 is 18.3 Å². The Kier molecular flexibility index (Phi) is 4.36. The minimum absolute atomic E-state index is 0.00437. The zero-order chi connectivity index (χ0) is 13.1. The molecule has 0 aliphatic rings. The van der Waals surface area contributed by atoms with Crippen LogP contribution in [0, 0.1) is 0 Å². The number of hydrogen-bond acceptors (Lipinski definition) is 3. The van der Waals surface area contributed by atoms with Gasteiger partial charge in [-0.25, -0.2) is 0 Å². The van der Waals surface area contributed by atoms with Gasteiger partial charge in [0, 0.05) is 18.3 Å². The van der Waals surface area contributed by atoms with E-state index >= 15 is 0 Å². The van der Waals surface area contributed by atoms with Crippen molar-refractivity contribution >= 4 is 5.69 Å². The Morgan fingerprint density at radius 2 is 2.06 bits per heavy atom. The van der Waals surface area contributed by atoms with Gasteiger partial charge >= 0.3 is 6.18 Å². The summed E-state index contributed by atoms with van der Waals surface area (Å²) < 4.78 is 37.4. The van der Waals surface area contributed by atoms with E-state index in [0.29, 0.717) is 11.3 Å². The molecule has 0 spiro atoms. The van der Waals surface area contributed by atoms with Crippen molar-refractivity contribution in [1.29, 1.82) is 0 Å². The van der Waals surface area contributed by atoms with Gasteiger partial charge in [0.1, 0.15) is 0 Å². The zero-order valence-corrected chi connectivity index (χ0v) is 9.38. The van der Waals surface area contributed by atoms with Crippen molar-refractivity contribution in [1.82, 2.24) is 0 Å². The van der Waals surface area contributed by atoms with Gasteiger partial charge in [-0.15, -0.1) is 0 Å². The summed E-state index contributed by atoms with van der Waals surface area (Å²) in [6.07, 6.45) is -4.37. The molecule has 1 aromatic carbocycles. The first-order valence-electron chi connectivity index (χ1n) is 5.16. The Balaban J connectivity index is 3.01. The van der Waals surface area contributed by atoms with Crippen LogP contribution < -0.4 is 11.1 Å². The monoisotopic (exact) mass is 248 g/mol. The van der Waals surface area contributed by atoms with Gasteiger partial charge in [0.15, 0.2) is 0 Å². The molecule has 1 unspecified atom stereocenters. The van der Waals surface area contributed by atoms with E-state index in [0.717, 1.165) is 12.1 Å². The highest BCUT2D eigenvalue weighted by molar-refractivity contribution is 5.53. The minimum Gasteiger partial charge on any atom is -0.394 e. The number of nitrogens with two attached hydrogens (primary N) is 1. The molecule has 1 atom stereocenters. The van der Waals surface area contributed by atoms with Crippen LogP contribution >= 0.6 is 0 Å². The average Bonchev–Trinajstić information content (AvgIpc) is 2.27. The van der Waals surface area contributed by atoms with E-state index in [9.17, 15) is 13.2 Å². The predicted molar refractivity (Wildman–Crippen MR) is 59.5 cm³/mol. The van der Waals surface area contributed by atoms with Crippen molar-refractivity contribution in [3.8, 4) is 0 Å². The number of aliphatic hydroxyl groups excluding tert-OH is 1. The third kappa shape index (κ3) is 3.61. The second-order valence-corrected chi connectivity index (χ2v) is 3.80. The smallest absolute Gasteiger partial charge is 0.394 e. The highest BCUT2D eigenvalue weighted by atomic mass is 19.4. The number of aliphatic hydroxyl groups is 1. The Morgan fingerprint density at radius 3 is 2.53 bits per heavy atom. The Bertz CT molecular complexity index is 379. The van der Waals surface area contributed by atoms with E-state index in [2.05, 4.69) is 5.32 Å². The number of alkyl halides is 3. The molecule has 0 heterocycles. The molecule has 96 valence electrons. The van der Waals surface area contributed by atoms with Crippen molar-refractivity contribution in [2.45, 2.75) is 25.7 Å². The molecule has 0 bridgehead atoms. The van der Waals surface area contributed by atoms with Gasteiger partial charge in [-0.1, -0.05) is 0 Å². The van der Waals surface area contributed by atoms with Crippen LogP contribution in [0.5, 0.6) is 0 Å². The summed E-state index contributed by atoms with van der Waals surface area (Å²) in [4.78, 5) is 0. The Morgan fingerprint density at radius 1 is 1.41 bits per heavy atom. The molecule has 0 fully saturated rings. The summed E-state index contributed by atoms with van der Waals surface area (Å²) in [6, 6.07) is 3.10. The number of halogens is 3. The first-order valence-corrected chi connectivity index (χ1v) is 5.16. The van der Waals surface area contributed by atoms with E-state index < -0.39 is 11.7 Å². The van der Waals surface area contributed by atoms with E-state index in [1.54, 1.807) is 6.92 Å². The maximum Gasteiger partial charge on any atom is 0.416 e. The number of hydrogen-bond donors (Lipinski definition) is 3. The topological polar surface area (TPSA) is 58.3 Å². The fraction of sp³-hybridized carbons (Fsp3) is 0.455. The summed E-state index contributed by atoms with van der Waals surface area (Å²) in [5.74, 6) is 0. The first-order chi connectivity index (χ1) is 7.88. The second-order valence-electron chi connectivity index (χ2n) is 3.80. The van der Waals surface area contributed by atoms with Gasteiger partial charge in [-0.3, -0.25) is 0 Å². The molecular formula is C11H15F3N2O. The standard InChI is InChI=1S/C11H15F3N2O/c1-7(6-17)16-10-3-2-9(11(12,13)14)4-8(10)5-15/h2-4,7,16-17H,5-6,15H2,1H3. The second kappa shape index (κ2) is 5.37. The summed E-state index contributed by atoms with van der Waals surface area (Å²) in [6.45, 7) is 1.62. The molecule has 4 N–H and O–H groups in total. The number of nitrogens with one attached hydrogen (secondary N) is 1. The molecule has 0 amide bonds. The molecule has 3 nitrogen and oxygen atoms in total. The maximum absolute atomic E-state index is 12.5. The number of rotatable bonds is 4. The maximum atomic E-state index is 12.5.